The summed E-state index contributed by atoms with van der Waals surface area (Å²) in [5.41, 5.74) is 0.188. The molecule has 1 amide bonds. The van der Waals surface area contributed by atoms with Crippen molar-refractivity contribution in [3.05, 3.63) is 23.7 Å². The Hall–Kier alpha value is -1.89. The van der Waals surface area contributed by atoms with E-state index >= 15 is 0 Å². The van der Waals surface area contributed by atoms with Gasteiger partial charge in [-0.1, -0.05) is 6.08 Å². The molecule has 1 rings (SSSR count). The highest BCUT2D eigenvalue weighted by molar-refractivity contribution is 7.13. The molecular formula is C12H17N3O3S. The molecule has 1 aromatic rings. The van der Waals surface area contributed by atoms with Crippen LogP contribution in [0.25, 0.3) is 0 Å². The van der Waals surface area contributed by atoms with Gasteiger partial charge in [0.25, 0.3) is 5.91 Å². The first-order valence-electron chi connectivity index (χ1n) is 5.87. The molecule has 1 aromatic heterocycles. The third-order valence-electron chi connectivity index (χ3n) is 2.11. The smallest absolute Gasteiger partial charge is 0.358 e. The number of amides is 1. The summed E-state index contributed by atoms with van der Waals surface area (Å²) in [5, 5.41) is 7.74. The maximum absolute atomic E-state index is 11.7. The Morgan fingerprint density at radius 1 is 1.63 bits per heavy atom. The number of rotatable bonds is 7. The molecule has 6 nitrogen and oxygen atoms in total. The monoisotopic (exact) mass is 283 g/mol. The molecule has 19 heavy (non-hydrogen) atoms. The molecule has 0 saturated carbocycles. The third kappa shape index (κ3) is 4.70. The van der Waals surface area contributed by atoms with E-state index in [-0.39, 0.29) is 11.6 Å². The van der Waals surface area contributed by atoms with E-state index in [0.717, 1.165) is 0 Å². The minimum atomic E-state index is -0.835. The highest BCUT2D eigenvalue weighted by Crippen LogP contribution is 2.16. The van der Waals surface area contributed by atoms with Crippen molar-refractivity contribution in [3.63, 3.8) is 0 Å². The summed E-state index contributed by atoms with van der Waals surface area (Å²) in [7, 11) is 0. The molecule has 1 heterocycles. The van der Waals surface area contributed by atoms with Gasteiger partial charge < -0.3 is 15.4 Å². The number of thiazole rings is 1. The van der Waals surface area contributed by atoms with Gasteiger partial charge in [0.2, 0.25) is 0 Å². The maximum atomic E-state index is 11.7. The number of anilines is 1. The molecule has 2 N–H and O–H groups in total. The van der Waals surface area contributed by atoms with E-state index in [1.807, 2.05) is 0 Å². The van der Waals surface area contributed by atoms with Gasteiger partial charge in [-0.05, 0) is 13.8 Å². The molecule has 1 unspecified atom stereocenters. The van der Waals surface area contributed by atoms with Crippen molar-refractivity contribution in [3.8, 4) is 0 Å². The lowest BCUT2D eigenvalue weighted by molar-refractivity contribution is -0.128. The van der Waals surface area contributed by atoms with Crippen LogP contribution in [-0.2, 0) is 9.53 Å². The van der Waals surface area contributed by atoms with Crippen molar-refractivity contribution < 1.29 is 14.3 Å². The van der Waals surface area contributed by atoms with Crippen LogP contribution in [0.2, 0.25) is 0 Å². The zero-order valence-electron chi connectivity index (χ0n) is 10.9. The molecule has 1 atom stereocenters. The summed E-state index contributed by atoms with van der Waals surface area (Å²) in [6, 6.07) is 0. The zero-order chi connectivity index (χ0) is 14.3. The zero-order valence-corrected chi connectivity index (χ0v) is 11.8. The quantitative estimate of drug-likeness (QED) is 0.584. The Labute approximate surface area is 115 Å². The highest BCUT2D eigenvalue weighted by atomic mass is 32.1. The van der Waals surface area contributed by atoms with Gasteiger partial charge in [-0.25, -0.2) is 9.78 Å². The average molecular weight is 283 g/mol. The normalized spacial score (nSPS) is 11.5. The van der Waals surface area contributed by atoms with Crippen LogP contribution in [0, 0.1) is 0 Å². The Balaban J connectivity index is 2.55. The predicted octanol–water partition coefficient (Wildman–Crippen LogP) is 1.42. The van der Waals surface area contributed by atoms with Crippen LogP contribution in [-0.4, -0.2) is 36.1 Å². The van der Waals surface area contributed by atoms with E-state index in [2.05, 4.69) is 22.2 Å². The molecule has 0 fully saturated rings. The van der Waals surface area contributed by atoms with Crippen LogP contribution < -0.4 is 10.6 Å². The average Bonchev–Trinajstić information content (AvgIpc) is 2.85. The van der Waals surface area contributed by atoms with Crippen LogP contribution in [0.5, 0.6) is 0 Å². The van der Waals surface area contributed by atoms with E-state index in [9.17, 15) is 9.59 Å². The first kappa shape index (κ1) is 15.2. The summed E-state index contributed by atoms with van der Waals surface area (Å²) >= 11 is 1.29. The fraction of sp³-hybridized carbons (Fsp3) is 0.417. The number of ether oxygens (including phenoxy) is 1. The van der Waals surface area contributed by atoms with Gasteiger partial charge in [0.15, 0.2) is 16.9 Å². The van der Waals surface area contributed by atoms with Gasteiger partial charge in [-0.15, -0.1) is 17.9 Å². The van der Waals surface area contributed by atoms with Crippen molar-refractivity contribution in [2.24, 2.45) is 0 Å². The SMILES string of the molecule is C=CCNc1nc(C(=O)OC(C)C(=O)NCC)cs1. The topological polar surface area (TPSA) is 80.3 Å². The molecule has 104 valence electrons. The van der Waals surface area contributed by atoms with Crippen molar-refractivity contribution >= 4 is 28.3 Å². The van der Waals surface area contributed by atoms with Crippen molar-refractivity contribution in [2.75, 3.05) is 18.4 Å². The molecular weight excluding hydrogens is 266 g/mol. The number of esters is 1. The Kier molecular flexibility index (Phi) is 6.01. The van der Waals surface area contributed by atoms with Gasteiger partial charge >= 0.3 is 5.97 Å². The first-order chi connectivity index (χ1) is 9.08. The number of likely N-dealkylation sites (N-methyl/N-ethyl adjacent to an activating group) is 1. The third-order valence-corrected chi connectivity index (χ3v) is 2.91. The number of aromatic nitrogens is 1. The van der Waals surface area contributed by atoms with E-state index in [1.165, 1.54) is 18.3 Å². The Morgan fingerprint density at radius 3 is 3.00 bits per heavy atom. The second-order valence-electron chi connectivity index (χ2n) is 3.65. The molecule has 0 radical (unpaired) electrons. The maximum Gasteiger partial charge on any atom is 0.358 e. The number of nitrogens with one attached hydrogen (secondary N) is 2. The minimum absolute atomic E-state index is 0.188. The Bertz CT molecular complexity index is 459. The molecule has 7 heteroatoms. The molecule has 0 saturated heterocycles. The first-order valence-corrected chi connectivity index (χ1v) is 6.75. The lowest BCUT2D eigenvalue weighted by Crippen LogP contribution is -2.35. The summed E-state index contributed by atoms with van der Waals surface area (Å²) in [6.45, 7) is 7.95. The number of carbonyl (C=O) groups excluding carboxylic acids is 2. The van der Waals surface area contributed by atoms with E-state index in [0.29, 0.717) is 18.2 Å². The van der Waals surface area contributed by atoms with Crippen LogP contribution >= 0.6 is 11.3 Å². The number of hydrogen-bond acceptors (Lipinski definition) is 6. The summed E-state index contributed by atoms with van der Waals surface area (Å²) < 4.78 is 5.01. The van der Waals surface area contributed by atoms with Gasteiger partial charge in [0.05, 0.1) is 0 Å². The second-order valence-corrected chi connectivity index (χ2v) is 4.51. The molecule has 0 spiro atoms. The summed E-state index contributed by atoms with van der Waals surface area (Å²) in [6.07, 6.45) is 0.857. The van der Waals surface area contributed by atoms with Crippen molar-refractivity contribution in [2.45, 2.75) is 20.0 Å². The summed E-state index contributed by atoms with van der Waals surface area (Å²) in [4.78, 5) is 27.2. The molecule has 0 bridgehead atoms. The fourth-order valence-electron chi connectivity index (χ4n) is 1.20. The molecule has 0 aliphatic heterocycles. The number of nitrogens with zero attached hydrogens (tertiary/aromatic N) is 1. The largest absolute Gasteiger partial charge is 0.448 e. The van der Waals surface area contributed by atoms with Crippen molar-refractivity contribution in [1.29, 1.82) is 0 Å². The van der Waals surface area contributed by atoms with Gasteiger partial charge in [0, 0.05) is 18.5 Å². The van der Waals surface area contributed by atoms with E-state index in [1.54, 1.807) is 18.4 Å². The molecule has 0 aromatic carbocycles. The predicted molar refractivity (Wildman–Crippen MR) is 74.4 cm³/mol. The standard InChI is InChI=1S/C12H17N3O3S/c1-4-6-14-12-15-9(7-19-12)11(17)18-8(3)10(16)13-5-2/h4,7-8H,1,5-6H2,2-3H3,(H,13,16)(H,14,15). The van der Waals surface area contributed by atoms with Gasteiger partial charge in [-0.3, -0.25) is 4.79 Å². The molecule has 0 aliphatic carbocycles. The van der Waals surface area contributed by atoms with Crippen LogP contribution in [0.4, 0.5) is 5.13 Å². The van der Waals surface area contributed by atoms with E-state index in [4.69, 9.17) is 4.74 Å². The van der Waals surface area contributed by atoms with Crippen LogP contribution in [0.15, 0.2) is 18.0 Å². The minimum Gasteiger partial charge on any atom is -0.448 e. The van der Waals surface area contributed by atoms with Crippen LogP contribution in [0.1, 0.15) is 24.3 Å². The van der Waals surface area contributed by atoms with Gasteiger partial charge in [0.1, 0.15) is 0 Å². The van der Waals surface area contributed by atoms with Gasteiger partial charge in [-0.2, -0.15) is 0 Å². The number of carbonyl (C=O) groups is 2. The summed E-state index contributed by atoms with van der Waals surface area (Å²) in [5.74, 6) is -0.933. The van der Waals surface area contributed by atoms with E-state index < -0.39 is 12.1 Å². The Morgan fingerprint density at radius 2 is 2.37 bits per heavy atom. The van der Waals surface area contributed by atoms with Crippen molar-refractivity contribution in [1.82, 2.24) is 10.3 Å². The fourth-order valence-corrected chi connectivity index (χ4v) is 1.89. The highest BCUT2D eigenvalue weighted by Gasteiger charge is 2.20. The van der Waals surface area contributed by atoms with Crippen LogP contribution in [0.3, 0.4) is 0 Å². The lowest BCUT2D eigenvalue weighted by atomic mass is 10.3. The lowest BCUT2D eigenvalue weighted by Gasteiger charge is -2.11. The molecule has 0 aliphatic rings. The number of hydrogen-bond donors (Lipinski definition) is 2. The second kappa shape index (κ2) is 7.52.